The predicted octanol–water partition coefficient (Wildman–Crippen LogP) is 1.87. The van der Waals surface area contributed by atoms with Crippen LogP contribution in [0.5, 0.6) is 0 Å². The van der Waals surface area contributed by atoms with Crippen molar-refractivity contribution in [2.75, 3.05) is 37.8 Å². The van der Waals surface area contributed by atoms with Crippen molar-refractivity contribution in [3.63, 3.8) is 0 Å². The molecule has 0 amide bonds. The largest absolute Gasteiger partial charge is 0.397 e. The maximum atomic E-state index is 11.2. The van der Waals surface area contributed by atoms with Crippen molar-refractivity contribution in [2.45, 2.75) is 18.4 Å². The zero-order valence-electron chi connectivity index (χ0n) is 19.0. The first-order chi connectivity index (χ1) is 15.9. The van der Waals surface area contributed by atoms with Crippen LogP contribution in [0.3, 0.4) is 0 Å². The van der Waals surface area contributed by atoms with E-state index in [1.807, 2.05) is 38.4 Å². The Morgan fingerprint density at radius 1 is 1.18 bits per heavy atom. The third-order valence-corrected chi connectivity index (χ3v) is 5.41. The zero-order chi connectivity index (χ0) is 23.8. The van der Waals surface area contributed by atoms with E-state index < -0.39 is 5.54 Å². The van der Waals surface area contributed by atoms with E-state index in [1.54, 1.807) is 30.7 Å². The number of nitrogens with zero attached hydrogens (tertiary/aromatic N) is 4. The second-order valence-electron chi connectivity index (χ2n) is 7.99. The Balaban J connectivity index is 0.000000968. The molecule has 1 fully saturated rings. The normalized spacial score (nSPS) is 14.7. The number of aromatic nitrogens is 3. The number of pyridine rings is 3. The van der Waals surface area contributed by atoms with Crippen LogP contribution in [-0.2, 0) is 4.79 Å². The summed E-state index contributed by atoms with van der Waals surface area (Å²) >= 11 is 0. The van der Waals surface area contributed by atoms with Gasteiger partial charge >= 0.3 is 0 Å². The Labute approximate surface area is 193 Å². The highest BCUT2D eigenvalue weighted by Gasteiger charge is 2.30. The SMILES string of the molecule is CNC.N=C(c1cccc(N2CCC(N)(C=O)CC2)n1)c1cc(-c2cccnc2)ncc1N. The summed E-state index contributed by atoms with van der Waals surface area (Å²) in [4.78, 5) is 26.4. The van der Waals surface area contributed by atoms with Crippen LogP contribution in [0.1, 0.15) is 24.1 Å². The second kappa shape index (κ2) is 10.8. The third kappa shape index (κ3) is 5.76. The lowest BCUT2D eigenvalue weighted by molar-refractivity contribution is -0.112. The van der Waals surface area contributed by atoms with Crippen molar-refractivity contribution in [3.05, 3.63) is 66.2 Å². The third-order valence-electron chi connectivity index (χ3n) is 5.41. The molecule has 0 saturated carbocycles. The molecule has 3 aromatic heterocycles. The van der Waals surface area contributed by atoms with Crippen molar-refractivity contribution in [1.29, 1.82) is 5.41 Å². The monoisotopic (exact) mass is 446 g/mol. The number of piperidine rings is 1. The van der Waals surface area contributed by atoms with Gasteiger partial charge in [-0.3, -0.25) is 15.4 Å². The van der Waals surface area contributed by atoms with Gasteiger partial charge in [-0.2, -0.15) is 0 Å². The van der Waals surface area contributed by atoms with E-state index in [9.17, 15) is 4.79 Å². The lowest BCUT2D eigenvalue weighted by Crippen LogP contribution is -2.51. The summed E-state index contributed by atoms with van der Waals surface area (Å²) in [7, 11) is 3.75. The molecular weight excluding hydrogens is 416 g/mol. The van der Waals surface area contributed by atoms with Gasteiger partial charge in [0.05, 0.1) is 34.5 Å². The number of nitrogen functional groups attached to an aromatic ring is 1. The minimum atomic E-state index is -0.755. The van der Waals surface area contributed by atoms with Crippen LogP contribution in [0, 0.1) is 5.41 Å². The van der Waals surface area contributed by atoms with E-state index in [2.05, 4.69) is 25.2 Å². The smallest absolute Gasteiger partial charge is 0.139 e. The van der Waals surface area contributed by atoms with Gasteiger partial charge in [-0.1, -0.05) is 6.07 Å². The van der Waals surface area contributed by atoms with Crippen molar-refractivity contribution in [1.82, 2.24) is 20.3 Å². The van der Waals surface area contributed by atoms with Crippen LogP contribution < -0.4 is 21.7 Å². The van der Waals surface area contributed by atoms with Crippen LogP contribution in [0.25, 0.3) is 11.3 Å². The molecule has 172 valence electrons. The van der Waals surface area contributed by atoms with Crippen molar-refractivity contribution in [2.24, 2.45) is 5.73 Å². The van der Waals surface area contributed by atoms with Gasteiger partial charge in [0.1, 0.15) is 12.1 Å². The lowest BCUT2D eigenvalue weighted by Gasteiger charge is -2.36. The van der Waals surface area contributed by atoms with Gasteiger partial charge < -0.3 is 26.5 Å². The molecule has 33 heavy (non-hydrogen) atoms. The molecule has 0 aromatic carbocycles. The Morgan fingerprint density at radius 3 is 2.55 bits per heavy atom. The van der Waals surface area contributed by atoms with Gasteiger partial charge in [0.2, 0.25) is 0 Å². The number of hydrogen-bond acceptors (Lipinski definition) is 9. The molecular formula is C24H30N8O. The van der Waals surface area contributed by atoms with Crippen LogP contribution >= 0.6 is 0 Å². The maximum absolute atomic E-state index is 11.2. The summed E-state index contributed by atoms with van der Waals surface area (Å²) in [6.07, 6.45) is 6.97. The molecule has 0 bridgehead atoms. The van der Waals surface area contributed by atoms with Gasteiger partial charge in [-0.05, 0) is 57.3 Å². The average Bonchev–Trinajstić information content (AvgIpc) is 2.85. The molecule has 9 nitrogen and oxygen atoms in total. The molecule has 3 aromatic rings. The highest BCUT2D eigenvalue weighted by molar-refractivity contribution is 6.13. The molecule has 0 spiro atoms. The highest BCUT2D eigenvalue weighted by atomic mass is 16.1. The van der Waals surface area contributed by atoms with Crippen LogP contribution in [0.2, 0.25) is 0 Å². The van der Waals surface area contributed by atoms with Gasteiger partial charge in [-0.15, -0.1) is 0 Å². The molecule has 0 aliphatic carbocycles. The summed E-state index contributed by atoms with van der Waals surface area (Å²) in [5.41, 5.74) is 14.7. The molecule has 4 rings (SSSR count). The minimum absolute atomic E-state index is 0.222. The Morgan fingerprint density at radius 2 is 1.91 bits per heavy atom. The standard InChI is InChI=1S/C22H23N7O.C2H7N/c23-17-13-27-19(15-3-2-8-26-12-15)11-16(17)21(24)18-4-1-5-20(28-18)29-9-6-22(25,14-30)7-10-29;1-3-2/h1-5,8,11-14,24H,6-7,9-10,23,25H2;3H,1-2H3. The zero-order valence-corrected chi connectivity index (χ0v) is 19.0. The molecule has 1 aliphatic rings. The van der Waals surface area contributed by atoms with E-state index in [4.69, 9.17) is 16.9 Å². The number of rotatable bonds is 5. The molecule has 9 heteroatoms. The van der Waals surface area contributed by atoms with E-state index in [-0.39, 0.29) is 5.71 Å². The molecule has 0 unspecified atom stereocenters. The lowest BCUT2D eigenvalue weighted by atomic mass is 9.90. The molecule has 4 heterocycles. The van der Waals surface area contributed by atoms with Gasteiger partial charge in [-0.25, -0.2) is 4.98 Å². The van der Waals surface area contributed by atoms with Gasteiger partial charge in [0, 0.05) is 36.6 Å². The predicted molar refractivity (Wildman–Crippen MR) is 131 cm³/mol. The first kappa shape index (κ1) is 24.0. The molecule has 6 N–H and O–H groups in total. The van der Waals surface area contributed by atoms with Crippen molar-refractivity contribution >= 4 is 23.5 Å². The molecule has 0 atom stereocenters. The maximum Gasteiger partial charge on any atom is 0.139 e. The van der Waals surface area contributed by atoms with E-state index in [0.29, 0.717) is 48.6 Å². The number of anilines is 2. The first-order valence-electron chi connectivity index (χ1n) is 10.7. The summed E-state index contributed by atoms with van der Waals surface area (Å²) in [6.45, 7) is 1.28. The van der Waals surface area contributed by atoms with Crippen molar-refractivity contribution in [3.8, 4) is 11.3 Å². The Bertz CT molecular complexity index is 1090. The number of carbonyl (C=O) groups excluding carboxylic acids is 1. The van der Waals surface area contributed by atoms with E-state index >= 15 is 0 Å². The second-order valence-corrected chi connectivity index (χ2v) is 7.99. The topological polar surface area (TPSA) is 147 Å². The fraction of sp³-hybridized carbons (Fsp3) is 0.292. The summed E-state index contributed by atoms with van der Waals surface area (Å²) < 4.78 is 0. The van der Waals surface area contributed by atoms with Crippen LogP contribution in [-0.4, -0.2) is 59.7 Å². The molecule has 1 saturated heterocycles. The number of nitrogens with two attached hydrogens (primary N) is 2. The number of aldehydes is 1. The van der Waals surface area contributed by atoms with E-state index in [1.165, 1.54) is 0 Å². The summed E-state index contributed by atoms with van der Waals surface area (Å²) in [5, 5.41) is 11.5. The van der Waals surface area contributed by atoms with E-state index in [0.717, 1.165) is 17.7 Å². The summed E-state index contributed by atoms with van der Waals surface area (Å²) in [6, 6.07) is 11.1. The van der Waals surface area contributed by atoms with Gasteiger partial charge in [0.15, 0.2) is 0 Å². The van der Waals surface area contributed by atoms with Gasteiger partial charge in [0.25, 0.3) is 0 Å². The number of nitrogens with one attached hydrogen (secondary N) is 2. The molecule has 0 radical (unpaired) electrons. The fourth-order valence-electron chi connectivity index (χ4n) is 3.50. The van der Waals surface area contributed by atoms with Crippen LogP contribution in [0.15, 0.2) is 55.0 Å². The quantitative estimate of drug-likeness (QED) is 0.343. The highest BCUT2D eigenvalue weighted by Crippen LogP contribution is 2.25. The first-order valence-corrected chi connectivity index (χ1v) is 10.7. The minimum Gasteiger partial charge on any atom is -0.397 e. The number of hydrogen-bond donors (Lipinski definition) is 4. The van der Waals surface area contributed by atoms with Crippen LogP contribution in [0.4, 0.5) is 11.5 Å². The van der Waals surface area contributed by atoms with Crippen molar-refractivity contribution < 1.29 is 4.79 Å². The number of carbonyl (C=O) groups is 1. The average molecular weight is 447 g/mol. The fourth-order valence-corrected chi connectivity index (χ4v) is 3.50. The Kier molecular flexibility index (Phi) is 7.81. The summed E-state index contributed by atoms with van der Waals surface area (Å²) in [5.74, 6) is 0.755. The molecule has 1 aliphatic heterocycles. The Hall–Kier alpha value is -3.69.